The lowest BCUT2D eigenvalue weighted by molar-refractivity contribution is -0.134. The van der Waals surface area contributed by atoms with E-state index >= 15 is 0 Å². The van der Waals surface area contributed by atoms with Crippen LogP contribution in [0.2, 0.25) is 0 Å². The molecule has 6 aromatic rings. The molecule has 2 atom stereocenters. The first-order chi connectivity index (χ1) is 35.3. The number of H-pyrrole nitrogens is 2. The number of benzene rings is 4. The minimum Gasteiger partial charge on any atom is -0.488 e. The highest BCUT2D eigenvalue weighted by Gasteiger charge is 2.32. The van der Waals surface area contributed by atoms with Crippen LogP contribution < -0.4 is 20.1 Å². The lowest BCUT2D eigenvalue weighted by Gasteiger charge is -2.30. The fraction of sp³-hybridized carbons (Fsp3) is 0.404. The van der Waals surface area contributed by atoms with Gasteiger partial charge in [0.15, 0.2) is 0 Å². The highest BCUT2D eigenvalue weighted by atomic mass is 16.6. The second kappa shape index (κ2) is 26.8. The summed E-state index contributed by atoms with van der Waals surface area (Å²) in [7, 11) is 2.10. The van der Waals surface area contributed by atoms with E-state index in [1.807, 2.05) is 109 Å². The van der Waals surface area contributed by atoms with E-state index < -0.39 is 24.3 Å². The number of nitrogens with one attached hydrogen (secondary N) is 4. The average molecular weight is 997 g/mol. The quantitative estimate of drug-likeness (QED) is 0.0532. The Morgan fingerprint density at radius 1 is 0.685 bits per heavy atom. The number of hydrogen-bond acceptors (Lipinski definition) is 11. The molecule has 16 heteroatoms. The van der Waals surface area contributed by atoms with Crippen molar-refractivity contribution in [2.24, 2.45) is 11.8 Å². The Balaban J connectivity index is 0.000000387. The molecule has 388 valence electrons. The number of aromatic amines is 2. The second-order valence-electron chi connectivity index (χ2n) is 18.7. The third-order valence-electron chi connectivity index (χ3n) is 11.7. The topological polar surface area (TPSA) is 193 Å². The zero-order valence-corrected chi connectivity index (χ0v) is 43.8. The van der Waals surface area contributed by atoms with Gasteiger partial charge in [0.25, 0.3) is 0 Å². The fourth-order valence-corrected chi connectivity index (χ4v) is 8.39. The van der Waals surface area contributed by atoms with E-state index in [1.54, 1.807) is 23.2 Å². The van der Waals surface area contributed by atoms with E-state index in [-0.39, 0.29) is 30.9 Å². The standard InChI is InChI=1S/C42H49N7O5.C13H17NO3.C2H6/c1-6-13-48(5)21-36-43-19-32(45-36)28-15-30-24-53-35-18-29(16-31-25-52-34(17-28)38(30)39(31)35)33-20-44-37(46-33)22-49(14-7-2)41(50)40(27-11-9-8-10-12-27)47-42(51)54-23-26(3)4;1-10(2)9-17-13(16)14-12(8-15)11-6-4-3-5-7-11;1-2/h8-12,15-20,26,40H,6-7,13-14,21-25H2,1-5H3,(H,43,45)(H,44,46)(H,47,51);3-8,10,12H,9H2,1-2H3,(H,14,16);1-2H3/t40-;12-;/m10./s1. The molecule has 0 unspecified atom stereocenters. The van der Waals surface area contributed by atoms with Gasteiger partial charge in [-0.25, -0.2) is 19.6 Å². The van der Waals surface area contributed by atoms with E-state index in [0.29, 0.717) is 44.0 Å². The molecule has 2 aromatic heterocycles. The van der Waals surface area contributed by atoms with Crippen LogP contribution in [0.25, 0.3) is 33.6 Å². The Labute approximate surface area is 429 Å². The van der Waals surface area contributed by atoms with Gasteiger partial charge in [-0.15, -0.1) is 0 Å². The first-order valence-corrected chi connectivity index (χ1v) is 25.4. The number of rotatable bonds is 20. The van der Waals surface area contributed by atoms with Gasteiger partial charge in [-0.3, -0.25) is 9.69 Å². The Hall–Kier alpha value is -7.46. The van der Waals surface area contributed by atoms with Crippen LogP contribution >= 0.6 is 0 Å². The Morgan fingerprint density at radius 3 is 1.64 bits per heavy atom. The van der Waals surface area contributed by atoms with Crippen molar-refractivity contribution < 1.29 is 38.1 Å². The second-order valence-corrected chi connectivity index (χ2v) is 18.7. The fourth-order valence-electron chi connectivity index (χ4n) is 8.39. The molecular formula is C57H72N8O8. The predicted molar refractivity (Wildman–Crippen MR) is 282 cm³/mol. The molecule has 0 radical (unpaired) electrons. The number of hydrogen-bond donors (Lipinski definition) is 4. The van der Waals surface area contributed by atoms with Crippen LogP contribution in [0.1, 0.15) is 114 Å². The maximum atomic E-state index is 14.1. The Morgan fingerprint density at radius 2 is 1.16 bits per heavy atom. The van der Waals surface area contributed by atoms with Crippen LogP contribution in [-0.2, 0) is 45.4 Å². The molecule has 0 fully saturated rings. The average Bonchev–Trinajstić information content (AvgIpc) is 4.08. The third-order valence-corrected chi connectivity index (χ3v) is 11.7. The lowest BCUT2D eigenvalue weighted by Crippen LogP contribution is -2.43. The van der Waals surface area contributed by atoms with Crippen molar-refractivity contribution in [3.8, 4) is 45.1 Å². The van der Waals surface area contributed by atoms with Crippen LogP contribution in [0.15, 0.2) is 97.3 Å². The maximum Gasteiger partial charge on any atom is 0.408 e. The Bertz CT molecular complexity index is 2690. The monoisotopic (exact) mass is 997 g/mol. The molecule has 4 heterocycles. The van der Waals surface area contributed by atoms with Gasteiger partial charge in [0.05, 0.1) is 50.1 Å². The molecule has 0 spiro atoms. The number of alkyl carbamates (subject to hydrolysis) is 2. The lowest BCUT2D eigenvalue weighted by atomic mass is 9.87. The maximum absolute atomic E-state index is 14.1. The van der Waals surface area contributed by atoms with Crippen molar-refractivity contribution in [1.82, 2.24) is 40.4 Å². The molecule has 2 aliphatic rings. The summed E-state index contributed by atoms with van der Waals surface area (Å²) in [5.74, 6) is 3.41. The molecule has 0 saturated carbocycles. The highest BCUT2D eigenvalue weighted by Crippen LogP contribution is 2.50. The number of aromatic nitrogens is 4. The minimum atomic E-state index is -0.906. The van der Waals surface area contributed by atoms with Crippen molar-refractivity contribution >= 4 is 24.4 Å². The summed E-state index contributed by atoms with van der Waals surface area (Å²) < 4.78 is 23.1. The minimum absolute atomic E-state index is 0.172. The number of aldehydes is 1. The van der Waals surface area contributed by atoms with Crippen LogP contribution in [0.3, 0.4) is 0 Å². The van der Waals surface area contributed by atoms with Gasteiger partial charge in [0.1, 0.15) is 54.7 Å². The zero-order valence-electron chi connectivity index (χ0n) is 43.8. The molecular weight excluding hydrogens is 925 g/mol. The van der Waals surface area contributed by atoms with Gasteiger partial charge in [-0.1, -0.05) is 116 Å². The molecule has 8 rings (SSSR count). The summed E-state index contributed by atoms with van der Waals surface area (Å²) in [4.78, 5) is 69.3. The number of ether oxygens (including phenoxy) is 4. The number of carbonyl (C=O) groups excluding carboxylic acids is 4. The molecule has 3 amide bonds. The van der Waals surface area contributed by atoms with Crippen LogP contribution in [0.4, 0.5) is 9.59 Å². The van der Waals surface area contributed by atoms with Gasteiger partial charge in [-0.2, -0.15) is 0 Å². The van der Waals surface area contributed by atoms with Crippen LogP contribution in [0.5, 0.6) is 11.5 Å². The Kier molecular flexibility index (Phi) is 20.2. The third kappa shape index (κ3) is 14.8. The van der Waals surface area contributed by atoms with E-state index in [0.717, 1.165) is 93.6 Å². The van der Waals surface area contributed by atoms with Crippen LogP contribution in [-0.4, -0.2) is 87.5 Å². The molecule has 16 nitrogen and oxygen atoms in total. The van der Waals surface area contributed by atoms with Crippen LogP contribution in [0, 0.1) is 11.8 Å². The number of imidazole rings is 2. The molecule has 4 aromatic carbocycles. The summed E-state index contributed by atoms with van der Waals surface area (Å²) in [6.45, 7) is 19.9. The van der Waals surface area contributed by atoms with Crippen molar-refractivity contribution in [2.45, 2.75) is 107 Å². The number of carbonyl (C=O) groups is 4. The first kappa shape index (κ1) is 54.9. The van der Waals surface area contributed by atoms with Gasteiger partial charge >= 0.3 is 12.2 Å². The van der Waals surface area contributed by atoms with Crippen molar-refractivity contribution in [2.75, 3.05) is 33.4 Å². The largest absolute Gasteiger partial charge is 0.488 e. The van der Waals surface area contributed by atoms with Gasteiger partial charge in [0.2, 0.25) is 5.91 Å². The van der Waals surface area contributed by atoms with Crippen molar-refractivity contribution in [3.63, 3.8) is 0 Å². The summed E-state index contributed by atoms with van der Waals surface area (Å²) in [5, 5.41) is 5.31. The van der Waals surface area contributed by atoms with E-state index in [1.165, 1.54) is 0 Å². The number of amides is 3. The van der Waals surface area contributed by atoms with Crippen molar-refractivity contribution in [1.29, 1.82) is 0 Å². The SMILES string of the molecule is CC.CC(C)COC(=O)N[C@@H](C=O)c1ccccc1.CCCN(C)Cc1ncc(-c2cc3c4c(c2)OCc2cc(-c5cnc(CN(CCC)C(=O)[C@H](NC(=O)OCC(C)C)c6ccccc6)[nH]5)cc(c2-4)OC3)[nH]1. The normalized spacial score (nSPS) is 12.7. The van der Waals surface area contributed by atoms with Gasteiger partial charge in [0, 0.05) is 39.9 Å². The van der Waals surface area contributed by atoms with E-state index in [4.69, 9.17) is 18.9 Å². The molecule has 2 aliphatic heterocycles. The molecule has 0 bridgehead atoms. The number of nitrogens with zero attached hydrogens (tertiary/aromatic N) is 4. The molecule has 0 saturated heterocycles. The summed E-state index contributed by atoms with van der Waals surface area (Å²) in [5.41, 5.74) is 9.35. The first-order valence-electron chi connectivity index (χ1n) is 25.4. The van der Waals surface area contributed by atoms with Gasteiger partial charge in [-0.05, 0) is 73.7 Å². The van der Waals surface area contributed by atoms with Crippen molar-refractivity contribution in [3.05, 3.63) is 131 Å². The molecule has 4 N–H and O–H groups in total. The van der Waals surface area contributed by atoms with E-state index in [2.05, 4.69) is 67.6 Å². The predicted octanol–water partition coefficient (Wildman–Crippen LogP) is 11.0. The van der Waals surface area contributed by atoms with E-state index in [9.17, 15) is 19.2 Å². The smallest absolute Gasteiger partial charge is 0.408 e. The molecule has 73 heavy (non-hydrogen) atoms. The summed E-state index contributed by atoms with van der Waals surface area (Å²) in [6.07, 6.45) is 4.99. The molecule has 0 aliphatic carbocycles. The summed E-state index contributed by atoms with van der Waals surface area (Å²) >= 11 is 0. The highest BCUT2D eigenvalue weighted by molar-refractivity contribution is 5.89. The van der Waals surface area contributed by atoms with Gasteiger partial charge < -0.3 is 49.2 Å². The summed E-state index contributed by atoms with van der Waals surface area (Å²) in [6, 6.07) is 25.1. The zero-order chi connectivity index (χ0) is 52.4.